The number of nitrogens with two attached hydrogens (primary N) is 1. The Balaban J connectivity index is 2.41. The zero-order valence-corrected chi connectivity index (χ0v) is 9.16. The summed E-state index contributed by atoms with van der Waals surface area (Å²) in [5.74, 6) is -0.356. The van der Waals surface area contributed by atoms with Gasteiger partial charge < -0.3 is 5.73 Å². The third kappa shape index (κ3) is 2.21. The summed E-state index contributed by atoms with van der Waals surface area (Å²) in [6.07, 6.45) is 1.64. The van der Waals surface area contributed by atoms with Gasteiger partial charge >= 0.3 is 0 Å². The SMILES string of the molecule is NC(c1ccccn1)c1cc(F)ccc1Cl. The van der Waals surface area contributed by atoms with E-state index >= 15 is 0 Å². The Kier molecular flexibility index (Phi) is 3.17. The lowest BCUT2D eigenvalue weighted by molar-refractivity contribution is 0.623. The van der Waals surface area contributed by atoms with Crippen molar-refractivity contribution in [3.05, 3.63) is 64.7 Å². The Labute approximate surface area is 97.9 Å². The highest BCUT2D eigenvalue weighted by molar-refractivity contribution is 6.31. The van der Waals surface area contributed by atoms with Crippen LogP contribution in [-0.2, 0) is 0 Å². The number of aromatic nitrogens is 1. The van der Waals surface area contributed by atoms with Crippen molar-refractivity contribution in [3.8, 4) is 0 Å². The second-order valence-corrected chi connectivity index (χ2v) is 3.81. The average Bonchev–Trinajstić information content (AvgIpc) is 2.32. The van der Waals surface area contributed by atoms with Gasteiger partial charge in [0.05, 0.1) is 11.7 Å². The van der Waals surface area contributed by atoms with Crippen LogP contribution in [0.2, 0.25) is 5.02 Å². The lowest BCUT2D eigenvalue weighted by Gasteiger charge is -2.12. The molecule has 2 nitrogen and oxygen atoms in total. The van der Waals surface area contributed by atoms with Gasteiger partial charge in [-0.15, -0.1) is 0 Å². The average molecular weight is 237 g/mol. The molecule has 1 unspecified atom stereocenters. The lowest BCUT2D eigenvalue weighted by Crippen LogP contribution is -2.14. The van der Waals surface area contributed by atoms with E-state index in [-0.39, 0.29) is 5.82 Å². The monoisotopic (exact) mass is 236 g/mol. The predicted molar refractivity (Wildman–Crippen MR) is 61.7 cm³/mol. The molecule has 0 fully saturated rings. The van der Waals surface area contributed by atoms with Crippen molar-refractivity contribution in [1.82, 2.24) is 4.98 Å². The summed E-state index contributed by atoms with van der Waals surface area (Å²) in [6.45, 7) is 0. The fourth-order valence-electron chi connectivity index (χ4n) is 1.47. The molecule has 0 amide bonds. The highest BCUT2D eigenvalue weighted by Gasteiger charge is 2.14. The van der Waals surface area contributed by atoms with Gasteiger partial charge in [0.2, 0.25) is 0 Å². The normalized spacial score (nSPS) is 12.4. The van der Waals surface area contributed by atoms with Crippen LogP contribution < -0.4 is 5.73 Å². The van der Waals surface area contributed by atoms with E-state index in [1.54, 1.807) is 18.3 Å². The van der Waals surface area contributed by atoms with E-state index in [4.69, 9.17) is 17.3 Å². The molecule has 0 saturated heterocycles. The van der Waals surface area contributed by atoms with Crippen LogP contribution >= 0.6 is 11.6 Å². The van der Waals surface area contributed by atoms with E-state index in [0.29, 0.717) is 16.3 Å². The summed E-state index contributed by atoms with van der Waals surface area (Å²) in [5, 5.41) is 0.444. The summed E-state index contributed by atoms with van der Waals surface area (Å²) in [4.78, 5) is 4.12. The molecule has 0 aliphatic heterocycles. The predicted octanol–water partition coefficient (Wildman–Crippen LogP) is 2.92. The minimum Gasteiger partial charge on any atom is -0.319 e. The third-order valence-corrected chi connectivity index (χ3v) is 2.64. The summed E-state index contributed by atoms with van der Waals surface area (Å²) in [5.41, 5.74) is 7.18. The zero-order chi connectivity index (χ0) is 11.5. The van der Waals surface area contributed by atoms with Gasteiger partial charge in [0.15, 0.2) is 0 Å². The Hall–Kier alpha value is -1.45. The van der Waals surface area contributed by atoms with Crippen molar-refractivity contribution < 1.29 is 4.39 Å². The molecule has 0 radical (unpaired) electrons. The van der Waals surface area contributed by atoms with Crippen LogP contribution in [0.5, 0.6) is 0 Å². The van der Waals surface area contributed by atoms with Gasteiger partial charge in [-0.2, -0.15) is 0 Å². The highest BCUT2D eigenvalue weighted by atomic mass is 35.5. The number of nitrogens with zero attached hydrogens (tertiary/aromatic N) is 1. The third-order valence-electron chi connectivity index (χ3n) is 2.30. The maximum atomic E-state index is 13.1. The quantitative estimate of drug-likeness (QED) is 0.871. The van der Waals surface area contributed by atoms with Gasteiger partial charge in [-0.25, -0.2) is 4.39 Å². The number of hydrogen-bond acceptors (Lipinski definition) is 2. The number of hydrogen-bond donors (Lipinski definition) is 1. The molecule has 0 aliphatic carbocycles. The Bertz CT molecular complexity index is 488. The Morgan fingerprint density at radius 1 is 1.25 bits per heavy atom. The van der Waals surface area contributed by atoms with Gasteiger partial charge in [0.25, 0.3) is 0 Å². The molecule has 2 rings (SSSR count). The summed E-state index contributed by atoms with van der Waals surface area (Å²) in [7, 11) is 0. The van der Waals surface area contributed by atoms with Crippen LogP contribution in [0.4, 0.5) is 4.39 Å². The van der Waals surface area contributed by atoms with Gasteiger partial charge in [-0.1, -0.05) is 17.7 Å². The van der Waals surface area contributed by atoms with E-state index in [1.165, 1.54) is 18.2 Å². The first-order chi connectivity index (χ1) is 7.68. The van der Waals surface area contributed by atoms with Gasteiger partial charge in [0, 0.05) is 11.2 Å². The number of benzene rings is 1. The molecular formula is C12H10ClFN2. The van der Waals surface area contributed by atoms with E-state index < -0.39 is 6.04 Å². The molecule has 1 atom stereocenters. The second-order valence-electron chi connectivity index (χ2n) is 3.40. The largest absolute Gasteiger partial charge is 0.319 e. The standard InChI is InChI=1S/C12H10ClFN2/c13-10-5-4-8(14)7-9(10)12(15)11-3-1-2-6-16-11/h1-7,12H,15H2. The first-order valence-corrected chi connectivity index (χ1v) is 5.18. The minimum atomic E-state index is -0.510. The molecule has 1 aromatic heterocycles. The molecule has 2 N–H and O–H groups in total. The first kappa shape index (κ1) is 11.0. The molecule has 2 aromatic rings. The van der Waals surface area contributed by atoms with Crippen molar-refractivity contribution in [2.24, 2.45) is 5.73 Å². The number of halogens is 2. The number of pyridine rings is 1. The van der Waals surface area contributed by atoms with Gasteiger partial charge in [0.1, 0.15) is 5.82 Å². The van der Waals surface area contributed by atoms with Crippen molar-refractivity contribution >= 4 is 11.6 Å². The molecule has 82 valence electrons. The van der Waals surface area contributed by atoms with Gasteiger partial charge in [-0.3, -0.25) is 4.98 Å². The molecule has 4 heteroatoms. The summed E-state index contributed by atoms with van der Waals surface area (Å²) in [6, 6.07) is 9.03. The fraction of sp³-hybridized carbons (Fsp3) is 0.0833. The van der Waals surface area contributed by atoms with Crippen LogP contribution in [0.1, 0.15) is 17.3 Å². The highest BCUT2D eigenvalue weighted by Crippen LogP contribution is 2.25. The summed E-state index contributed by atoms with van der Waals surface area (Å²) < 4.78 is 13.1. The van der Waals surface area contributed by atoms with Crippen molar-refractivity contribution in [3.63, 3.8) is 0 Å². The van der Waals surface area contributed by atoms with Crippen LogP contribution in [0.15, 0.2) is 42.6 Å². The van der Waals surface area contributed by atoms with E-state index in [2.05, 4.69) is 4.98 Å². The maximum Gasteiger partial charge on any atom is 0.123 e. The van der Waals surface area contributed by atoms with E-state index in [0.717, 1.165) is 0 Å². The first-order valence-electron chi connectivity index (χ1n) is 4.80. The fourth-order valence-corrected chi connectivity index (χ4v) is 1.71. The van der Waals surface area contributed by atoms with E-state index in [1.807, 2.05) is 6.07 Å². The van der Waals surface area contributed by atoms with Crippen molar-refractivity contribution in [2.75, 3.05) is 0 Å². The van der Waals surface area contributed by atoms with Crippen molar-refractivity contribution in [1.29, 1.82) is 0 Å². The smallest absolute Gasteiger partial charge is 0.123 e. The van der Waals surface area contributed by atoms with Crippen LogP contribution in [-0.4, -0.2) is 4.98 Å². The maximum absolute atomic E-state index is 13.1. The topological polar surface area (TPSA) is 38.9 Å². The molecule has 1 aromatic carbocycles. The van der Waals surface area contributed by atoms with E-state index in [9.17, 15) is 4.39 Å². The van der Waals surface area contributed by atoms with Crippen LogP contribution in [0, 0.1) is 5.82 Å². The zero-order valence-electron chi connectivity index (χ0n) is 8.40. The summed E-state index contributed by atoms with van der Waals surface area (Å²) >= 11 is 5.97. The van der Waals surface area contributed by atoms with Crippen molar-refractivity contribution in [2.45, 2.75) is 6.04 Å². The minimum absolute atomic E-state index is 0.356. The van der Waals surface area contributed by atoms with Crippen LogP contribution in [0.3, 0.4) is 0 Å². The molecule has 0 saturated carbocycles. The lowest BCUT2D eigenvalue weighted by atomic mass is 10.0. The Morgan fingerprint density at radius 3 is 2.75 bits per heavy atom. The molecule has 16 heavy (non-hydrogen) atoms. The molecule has 1 heterocycles. The van der Waals surface area contributed by atoms with Crippen LogP contribution in [0.25, 0.3) is 0 Å². The molecule has 0 spiro atoms. The van der Waals surface area contributed by atoms with Gasteiger partial charge in [-0.05, 0) is 35.9 Å². The Morgan fingerprint density at radius 2 is 2.06 bits per heavy atom. The molecular weight excluding hydrogens is 227 g/mol. The second kappa shape index (κ2) is 4.60. The molecule has 0 aliphatic rings. The number of rotatable bonds is 2. The molecule has 0 bridgehead atoms.